The second kappa shape index (κ2) is 11.7. The van der Waals surface area contributed by atoms with Crippen LogP contribution in [0.4, 0.5) is 4.79 Å². The first-order chi connectivity index (χ1) is 17.6. The number of aliphatic hydroxyl groups is 1. The van der Waals surface area contributed by atoms with Gasteiger partial charge in [-0.05, 0) is 73.9 Å². The van der Waals surface area contributed by atoms with Crippen molar-refractivity contribution >= 4 is 6.09 Å². The van der Waals surface area contributed by atoms with Gasteiger partial charge in [0.2, 0.25) is 0 Å². The monoisotopic (exact) mass is 503 g/mol. The van der Waals surface area contributed by atoms with Crippen LogP contribution in [0.5, 0.6) is 17.2 Å². The number of rotatable bonds is 7. The van der Waals surface area contributed by atoms with Crippen LogP contribution in [-0.4, -0.2) is 44.7 Å². The molecule has 0 aliphatic carbocycles. The van der Waals surface area contributed by atoms with Crippen LogP contribution in [0.2, 0.25) is 0 Å². The molecule has 37 heavy (non-hydrogen) atoms. The summed E-state index contributed by atoms with van der Waals surface area (Å²) in [7, 11) is 4.74. The van der Waals surface area contributed by atoms with Gasteiger partial charge >= 0.3 is 6.09 Å². The molecule has 194 valence electrons. The fourth-order valence-electron chi connectivity index (χ4n) is 3.77. The lowest BCUT2D eigenvalue weighted by molar-refractivity contribution is 0.0535. The zero-order valence-corrected chi connectivity index (χ0v) is 22.0. The van der Waals surface area contributed by atoms with Crippen molar-refractivity contribution < 1.29 is 28.8 Å². The van der Waals surface area contributed by atoms with Crippen molar-refractivity contribution in [2.24, 2.45) is 0 Å². The molecular formula is C30H33NO6. The molecule has 0 unspecified atom stereocenters. The zero-order valence-electron chi connectivity index (χ0n) is 22.0. The number of carbonyl (C=O) groups is 1. The molecule has 3 aromatic rings. The minimum atomic E-state index is -1.50. The number of carbonyl (C=O) groups excluding carboxylic acids is 1. The van der Waals surface area contributed by atoms with E-state index >= 15 is 0 Å². The maximum atomic E-state index is 12.2. The van der Waals surface area contributed by atoms with E-state index < -0.39 is 17.3 Å². The number of benzene rings is 3. The molecule has 0 aliphatic rings. The predicted molar refractivity (Wildman–Crippen MR) is 142 cm³/mol. The Balaban J connectivity index is 2.02. The molecule has 1 amide bonds. The number of hydrogen-bond donors (Lipinski definition) is 2. The van der Waals surface area contributed by atoms with Crippen LogP contribution in [0.25, 0.3) is 0 Å². The van der Waals surface area contributed by atoms with Crippen molar-refractivity contribution in [2.75, 3.05) is 27.9 Å². The van der Waals surface area contributed by atoms with E-state index in [1.807, 2.05) is 24.3 Å². The maximum absolute atomic E-state index is 12.2. The minimum absolute atomic E-state index is 0.0868. The third-order valence-corrected chi connectivity index (χ3v) is 5.58. The van der Waals surface area contributed by atoms with E-state index in [2.05, 4.69) is 17.2 Å². The average molecular weight is 504 g/mol. The van der Waals surface area contributed by atoms with Crippen molar-refractivity contribution in [1.29, 1.82) is 0 Å². The standard InChI is InChI=1S/C30H33NO6/c1-29(2,3)37-28(32)31-19-7-8-21-20-24(13-18-27(21)36-6)30(33,22-9-14-25(34-4)15-10-22)23-11-16-26(35-5)17-12-23/h9-18,20,33H,19H2,1-6H3,(H,31,32). The van der Waals surface area contributed by atoms with E-state index in [9.17, 15) is 9.90 Å². The zero-order chi connectivity index (χ0) is 27.1. The molecule has 7 heteroatoms. The Labute approximate surface area is 218 Å². The summed E-state index contributed by atoms with van der Waals surface area (Å²) in [6.45, 7) is 5.47. The summed E-state index contributed by atoms with van der Waals surface area (Å²) in [4.78, 5) is 11.9. The smallest absolute Gasteiger partial charge is 0.408 e. The van der Waals surface area contributed by atoms with Crippen molar-refractivity contribution in [3.8, 4) is 29.1 Å². The molecule has 0 saturated heterocycles. The topological polar surface area (TPSA) is 86.3 Å². The van der Waals surface area contributed by atoms with Crippen LogP contribution in [0.15, 0.2) is 66.7 Å². The summed E-state index contributed by atoms with van der Waals surface area (Å²) in [5.41, 5.74) is 0.348. The van der Waals surface area contributed by atoms with Gasteiger partial charge in [0.1, 0.15) is 28.5 Å². The molecule has 0 aromatic heterocycles. The molecule has 0 heterocycles. The van der Waals surface area contributed by atoms with Gasteiger partial charge in [0.15, 0.2) is 0 Å². The van der Waals surface area contributed by atoms with Crippen molar-refractivity contribution in [3.05, 3.63) is 89.0 Å². The summed E-state index contributed by atoms with van der Waals surface area (Å²) in [5.74, 6) is 7.87. The van der Waals surface area contributed by atoms with Crippen LogP contribution in [0.1, 0.15) is 43.0 Å². The maximum Gasteiger partial charge on any atom is 0.408 e. The first-order valence-corrected chi connectivity index (χ1v) is 11.8. The summed E-state index contributed by atoms with van der Waals surface area (Å²) in [5, 5.41) is 14.9. The van der Waals surface area contributed by atoms with Crippen LogP contribution >= 0.6 is 0 Å². The highest BCUT2D eigenvalue weighted by Gasteiger charge is 2.34. The Bertz CT molecular complexity index is 1220. The molecule has 7 nitrogen and oxygen atoms in total. The van der Waals surface area contributed by atoms with Crippen molar-refractivity contribution in [2.45, 2.75) is 32.0 Å². The lowest BCUT2D eigenvalue weighted by atomic mass is 9.80. The first-order valence-electron chi connectivity index (χ1n) is 11.8. The number of alkyl carbamates (subject to hydrolysis) is 1. The molecule has 0 bridgehead atoms. The van der Waals surface area contributed by atoms with Gasteiger partial charge in [-0.25, -0.2) is 4.79 Å². The van der Waals surface area contributed by atoms with Gasteiger partial charge < -0.3 is 29.4 Å². The molecule has 3 rings (SSSR count). The van der Waals surface area contributed by atoms with Gasteiger partial charge in [0, 0.05) is 0 Å². The lowest BCUT2D eigenvalue weighted by Gasteiger charge is -2.31. The molecule has 3 aromatic carbocycles. The Morgan fingerprint density at radius 1 is 0.811 bits per heavy atom. The second-order valence-corrected chi connectivity index (χ2v) is 9.24. The fraction of sp³-hybridized carbons (Fsp3) is 0.300. The Morgan fingerprint density at radius 2 is 1.32 bits per heavy atom. The summed E-state index contributed by atoms with van der Waals surface area (Å²) in [6, 6.07) is 19.9. The molecule has 0 atom stereocenters. The van der Waals surface area contributed by atoms with E-state index in [0.29, 0.717) is 39.5 Å². The highest BCUT2D eigenvalue weighted by atomic mass is 16.6. The van der Waals surface area contributed by atoms with Gasteiger partial charge in [0.25, 0.3) is 0 Å². The summed E-state index contributed by atoms with van der Waals surface area (Å²) in [6.07, 6.45) is -0.545. The number of nitrogens with one attached hydrogen (secondary N) is 1. The lowest BCUT2D eigenvalue weighted by Crippen LogP contribution is -2.32. The number of amides is 1. The molecule has 0 aliphatic heterocycles. The van der Waals surface area contributed by atoms with Gasteiger partial charge in [0.05, 0.1) is 33.4 Å². The van der Waals surface area contributed by atoms with Gasteiger partial charge in [-0.1, -0.05) is 42.2 Å². The second-order valence-electron chi connectivity index (χ2n) is 9.24. The third kappa shape index (κ3) is 6.75. The Morgan fingerprint density at radius 3 is 1.78 bits per heavy atom. The van der Waals surface area contributed by atoms with Gasteiger partial charge in [-0.2, -0.15) is 0 Å². The summed E-state index contributed by atoms with van der Waals surface area (Å²) >= 11 is 0. The molecule has 0 saturated carbocycles. The van der Waals surface area contributed by atoms with E-state index in [4.69, 9.17) is 18.9 Å². The molecular weight excluding hydrogens is 470 g/mol. The van der Waals surface area contributed by atoms with Crippen LogP contribution in [0, 0.1) is 11.8 Å². The van der Waals surface area contributed by atoms with Gasteiger partial charge in [-0.15, -0.1) is 0 Å². The number of hydrogen-bond acceptors (Lipinski definition) is 6. The van der Waals surface area contributed by atoms with Crippen LogP contribution < -0.4 is 19.5 Å². The Hall–Kier alpha value is -4.15. The normalized spacial score (nSPS) is 11.1. The minimum Gasteiger partial charge on any atom is -0.497 e. The van der Waals surface area contributed by atoms with Crippen LogP contribution in [0.3, 0.4) is 0 Å². The molecule has 0 radical (unpaired) electrons. The first kappa shape index (κ1) is 27.4. The molecule has 2 N–H and O–H groups in total. The summed E-state index contributed by atoms with van der Waals surface area (Å²) < 4.78 is 21.3. The quantitative estimate of drug-likeness (QED) is 0.353. The Kier molecular flexibility index (Phi) is 8.69. The number of ether oxygens (including phenoxy) is 4. The SMILES string of the molecule is COc1ccc(C(O)(c2ccc(OC)cc2)c2ccc(OC)c(C#CCNC(=O)OC(C)(C)C)c2)cc1. The average Bonchev–Trinajstić information content (AvgIpc) is 2.89. The van der Waals surface area contributed by atoms with E-state index in [1.54, 1.807) is 84.6 Å². The third-order valence-electron chi connectivity index (χ3n) is 5.58. The highest BCUT2D eigenvalue weighted by Crippen LogP contribution is 2.39. The highest BCUT2D eigenvalue weighted by molar-refractivity contribution is 5.68. The van der Waals surface area contributed by atoms with Gasteiger partial charge in [-0.3, -0.25) is 0 Å². The van der Waals surface area contributed by atoms with Crippen LogP contribution in [-0.2, 0) is 10.3 Å². The van der Waals surface area contributed by atoms with E-state index in [1.165, 1.54) is 0 Å². The van der Waals surface area contributed by atoms with E-state index in [0.717, 1.165) is 0 Å². The largest absolute Gasteiger partial charge is 0.497 e. The molecule has 0 fully saturated rings. The van der Waals surface area contributed by atoms with E-state index in [-0.39, 0.29) is 6.54 Å². The predicted octanol–water partition coefficient (Wildman–Crippen LogP) is 4.87. The van der Waals surface area contributed by atoms with Crippen molar-refractivity contribution in [1.82, 2.24) is 5.32 Å². The molecule has 0 spiro atoms. The van der Waals surface area contributed by atoms with Crippen molar-refractivity contribution in [3.63, 3.8) is 0 Å². The number of methoxy groups -OCH3 is 3. The fourth-order valence-corrected chi connectivity index (χ4v) is 3.77.